The molecule has 76 valence electrons. The maximum absolute atomic E-state index is 5.79. The monoisotopic (exact) mass is 276 g/mol. The highest BCUT2D eigenvalue weighted by Gasteiger charge is 2.12. The van der Waals surface area contributed by atoms with Gasteiger partial charge in [-0.2, -0.15) is 0 Å². The van der Waals surface area contributed by atoms with E-state index in [1.54, 1.807) is 0 Å². The molecule has 0 unspecified atom stereocenters. The molecule has 2 nitrogen and oxygen atoms in total. The summed E-state index contributed by atoms with van der Waals surface area (Å²) in [6, 6.07) is 3.84. The van der Waals surface area contributed by atoms with E-state index in [4.69, 9.17) is 21.1 Å². The van der Waals surface area contributed by atoms with Gasteiger partial charge in [-0.1, -0.05) is 15.9 Å². The first-order valence-corrected chi connectivity index (χ1v) is 5.78. The predicted molar refractivity (Wildman–Crippen MR) is 59.3 cm³/mol. The lowest BCUT2D eigenvalue weighted by Gasteiger charge is -2.09. The number of alkyl halides is 1. The van der Waals surface area contributed by atoms with E-state index in [1.165, 1.54) is 0 Å². The number of hydrogen-bond donors (Lipinski definition) is 0. The van der Waals surface area contributed by atoms with Crippen molar-refractivity contribution in [3.63, 3.8) is 0 Å². The summed E-state index contributed by atoms with van der Waals surface area (Å²) in [5, 5.41) is 0. The fraction of sp³-hybridized carbons (Fsp3) is 0.400. The molecule has 0 spiro atoms. The summed E-state index contributed by atoms with van der Waals surface area (Å²) in [6.45, 7) is 1.41. The Hall–Kier alpha value is -0.410. The summed E-state index contributed by atoms with van der Waals surface area (Å²) < 4.78 is 12.0. The van der Waals surface area contributed by atoms with Crippen molar-refractivity contribution in [3.8, 4) is 11.5 Å². The molecule has 2 rings (SSSR count). The van der Waals surface area contributed by atoms with Gasteiger partial charge in [-0.25, -0.2) is 0 Å². The van der Waals surface area contributed by atoms with Gasteiger partial charge in [0.15, 0.2) is 11.5 Å². The minimum absolute atomic E-state index is 0.469. The SMILES string of the molecule is ClCc1cc2c(cc1Br)OCCCO2. The minimum Gasteiger partial charge on any atom is -0.490 e. The molecule has 0 saturated carbocycles. The van der Waals surface area contributed by atoms with Crippen molar-refractivity contribution in [2.45, 2.75) is 12.3 Å². The van der Waals surface area contributed by atoms with Crippen LogP contribution in [0, 0.1) is 0 Å². The largest absolute Gasteiger partial charge is 0.490 e. The Morgan fingerprint density at radius 2 is 1.86 bits per heavy atom. The minimum atomic E-state index is 0.469. The molecule has 0 aromatic heterocycles. The maximum atomic E-state index is 5.79. The molecule has 0 amide bonds. The highest BCUT2D eigenvalue weighted by molar-refractivity contribution is 9.10. The zero-order valence-electron chi connectivity index (χ0n) is 7.56. The van der Waals surface area contributed by atoms with Gasteiger partial charge in [0, 0.05) is 16.8 Å². The van der Waals surface area contributed by atoms with E-state index >= 15 is 0 Å². The first-order chi connectivity index (χ1) is 6.81. The Labute approximate surface area is 96.3 Å². The zero-order valence-corrected chi connectivity index (χ0v) is 9.90. The Bertz CT molecular complexity index is 341. The summed E-state index contributed by atoms with van der Waals surface area (Å²) in [7, 11) is 0. The second-order valence-electron chi connectivity index (χ2n) is 3.07. The van der Waals surface area contributed by atoms with Crippen molar-refractivity contribution in [2.75, 3.05) is 13.2 Å². The van der Waals surface area contributed by atoms with Gasteiger partial charge < -0.3 is 9.47 Å². The molecule has 0 fully saturated rings. The van der Waals surface area contributed by atoms with Gasteiger partial charge in [0.2, 0.25) is 0 Å². The van der Waals surface area contributed by atoms with Crippen LogP contribution in [-0.4, -0.2) is 13.2 Å². The van der Waals surface area contributed by atoms with Crippen LogP contribution in [0.1, 0.15) is 12.0 Å². The van der Waals surface area contributed by atoms with Gasteiger partial charge in [0.25, 0.3) is 0 Å². The molecule has 1 aromatic rings. The van der Waals surface area contributed by atoms with E-state index in [2.05, 4.69) is 15.9 Å². The van der Waals surface area contributed by atoms with Crippen molar-refractivity contribution in [1.82, 2.24) is 0 Å². The highest BCUT2D eigenvalue weighted by Crippen LogP contribution is 2.35. The van der Waals surface area contributed by atoms with Crippen LogP contribution in [0.25, 0.3) is 0 Å². The van der Waals surface area contributed by atoms with Crippen LogP contribution in [-0.2, 0) is 5.88 Å². The van der Waals surface area contributed by atoms with Crippen molar-refractivity contribution in [2.24, 2.45) is 0 Å². The van der Waals surface area contributed by atoms with E-state index in [0.717, 1.165) is 28.0 Å². The first kappa shape index (κ1) is 10.1. The summed E-state index contributed by atoms with van der Waals surface area (Å²) in [6.07, 6.45) is 0.919. The fourth-order valence-corrected chi connectivity index (χ4v) is 2.17. The molecule has 1 aromatic carbocycles. The third-order valence-corrected chi connectivity index (χ3v) is 3.09. The predicted octanol–water partition coefficient (Wildman–Crippen LogP) is 3.35. The number of halogens is 2. The van der Waals surface area contributed by atoms with Crippen LogP contribution in [0.15, 0.2) is 16.6 Å². The van der Waals surface area contributed by atoms with Crippen molar-refractivity contribution in [3.05, 3.63) is 22.2 Å². The quantitative estimate of drug-likeness (QED) is 0.733. The van der Waals surface area contributed by atoms with E-state index in [9.17, 15) is 0 Å². The molecule has 1 aliphatic heterocycles. The fourth-order valence-electron chi connectivity index (χ4n) is 1.33. The Balaban J connectivity index is 2.41. The average molecular weight is 278 g/mol. The molecule has 4 heteroatoms. The third kappa shape index (κ3) is 1.98. The Morgan fingerprint density at radius 3 is 2.50 bits per heavy atom. The summed E-state index contributed by atoms with van der Waals surface area (Å²) in [5.41, 5.74) is 1.02. The van der Waals surface area contributed by atoms with Crippen LogP contribution in [0.3, 0.4) is 0 Å². The summed E-state index contributed by atoms with van der Waals surface area (Å²) in [4.78, 5) is 0. The van der Waals surface area contributed by atoms with E-state index in [1.807, 2.05) is 12.1 Å². The molecule has 0 atom stereocenters. The van der Waals surface area contributed by atoms with Crippen molar-refractivity contribution in [1.29, 1.82) is 0 Å². The van der Waals surface area contributed by atoms with Gasteiger partial charge in [0.05, 0.1) is 13.2 Å². The van der Waals surface area contributed by atoms with Crippen LogP contribution < -0.4 is 9.47 Å². The number of fused-ring (bicyclic) bond motifs is 1. The molecular formula is C10H10BrClO2. The lowest BCUT2D eigenvalue weighted by atomic mass is 10.2. The third-order valence-electron chi connectivity index (χ3n) is 2.06. The highest BCUT2D eigenvalue weighted by atomic mass is 79.9. The second-order valence-corrected chi connectivity index (χ2v) is 4.20. The smallest absolute Gasteiger partial charge is 0.162 e. The first-order valence-electron chi connectivity index (χ1n) is 4.45. The molecule has 0 aliphatic carbocycles. The maximum Gasteiger partial charge on any atom is 0.162 e. The van der Waals surface area contributed by atoms with E-state index in [-0.39, 0.29) is 0 Å². The van der Waals surface area contributed by atoms with Crippen molar-refractivity contribution < 1.29 is 9.47 Å². The molecule has 0 radical (unpaired) electrons. The van der Waals surface area contributed by atoms with Crippen LogP contribution in [0.5, 0.6) is 11.5 Å². The van der Waals surface area contributed by atoms with Crippen LogP contribution in [0.4, 0.5) is 0 Å². The van der Waals surface area contributed by atoms with Crippen LogP contribution in [0.2, 0.25) is 0 Å². The topological polar surface area (TPSA) is 18.5 Å². The molecule has 0 N–H and O–H groups in total. The van der Waals surface area contributed by atoms with Crippen LogP contribution >= 0.6 is 27.5 Å². The average Bonchev–Trinajstić information content (AvgIpc) is 2.41. The van der Waals surface area contributed by atoms with Gasteiger partial charge in [-0.3, -0.25) is 0 Å². The van der Waals surface area contributed by atoms with Gasteiger partial charge >= 0.3 is 0 Å². The molecule has 1 heterocycles. The second kappa shape index (κ2) is 4.41. The zero-order chi connectivity index (χ0) is 9.97. The molecule has 0 bridgehead atoms. The normalized spacial score (nSPS) is 15.0. The Morgan fingerprint density at radius 1 is 1.21 bits per heavy atom. The lowest BCUT2D eigenvalue weighted by Crippen LogP contribution is -1.97. The van der Waals surface area contributed by atoms with E-state index in [0.29, 0.717) is 19.1 Å². The van der Waals surface area contributed by atoms with Gasteiger partial charge in [0.1, 0.15) is 0 Å². The number of hydrogen-bond acceptors (Lipinski definition) is 2. The lowest BCUT2D eigenvalue weighted by molar-refractivity contribution is 0.297. The Kier molecular flexibility index (Phi) is 3.19. The summed E-state index contributed by atoms with van der Waals surface area (Å²) in [5.74, 6) is 2.06. The molecule has 0 saturated heterocycles. The molecular weight excluding hydrogens is 267 g/mol. The molecule has 14 heavy (non-hydrogen) atoms. The van der Waals surface area contributed by atoms with E-state index < -0.39 is 0 Å². The summed E-state index contributed by atoms with van der Waals surface area (Å²) >= 11 is 9.23. The standard InChI is InChI=1S/C10H10BrClO2/c11-8-5-10-9(4-7(8)6-12)13-2-1-3-14-10/h4-5H,1-3,6H2. The number of benzene rings is 1. The number of rotatable bonds is 1. The number of ether oxygens (including phenoxy) is 2. The van der Waals surface area contributed by atoms with Crippen molar-refractivity contribution >= 4 is 27.5 Å². The molecule has 1 aliphatic rings. The van der Waals surface area contributed by atoms with Gasteiger partial charge in [-0.15, -0.1) is 11.6 Å². The van der Waals surface area contributed by atoms with Gasteiger partial charge in [-0.05, 0) is 17.7 Å².